The summed E-state index contributed by atoms with van der Waals surface area (Å²) in [5.74, 6) is 0. The van der Waals surface area contributed by atoms with Gasteiger partial charge in [0.15, 0.2) is 0 Å². The quantitative estimate of drug-likeness (QED) is 0.776. The Bertz CT molecular complexity index is 280. The zero-order valence-corrected chi connectivity index (χ0v) is 13.2. The SMILES string of the molecule is CCC(C)(CNC(C)C)CN1C2CCC1CC(O)C2. The molecule has 0 aliphatic carbocycles. The molecule has 112 valence electrons. The summed E-state index contributed by atoms with van der Waals surface area (Å²) in [6, 6.07) is 1.84. The molecular formula is C16H32N2O. The molecule has 0 radical (unpaired) electrons. The van der Waals surface area contributed by atoms with Crippen LogP contribution >= 0.6 is 0 Å². The number of fused-ring (bicyclic) bond motifs is 2. The summed E-state index contributed by atoms with van der Waals surface area (Å²) in [5, 5.41) is 13.5. The molecule has 3 unspecified atom stereocenters. The Morgan fingerprint density at radius 3 is 2.32 bits per heavy atom. The van der Waals surface area contributed by atoms with E-state index >= 15 is 0 Å². The molecule has 2 saturated heterocycles. The number of rotatable bonds is 6. The van der Waals surface area contributed by atoms with Gasteiger partial charge in [0.05, 0.1) is 6.10 Å². The van der Waals surface area contributed by atoms with Gasteiger partial charge in [0.25, 0.3) is 0 Å². The highest BCUT2D eigenvalue weighted by Gasteiger charge is 2.42. The van der Waals surface area contributed by atoms with E-state index < -0.39 is 0 Å². The summed E-state index contributed by atoms with van der Waals surface area (Å²) in [7, 11) is 0. The number of nitrogens with one attached hydrogen (secondary N) is 1. The fourth-order valence-electron chi connectivity index (χ4n) is 3.69. The lowest BCUT2D eigenvalue weighted by atomic mass is 9.84. The molecule has 2 rings (SSSR count). The molecule has 3 nitrogen and oxygen atoms in total. The standard InChI is InChI=1S/C16H32N2O/c1-5-16(4,10-17-12(2)3)11-18-13-6-7-14(18)9-15(19)8-13/h12-15,17,19H,5-11H2,1-4H3. The van der Waals surface area contributed by atoms with Crippen molar-refractivity contribution in [3.05, 3.63) is 0 Å². The number of aliphatic hydroxyl groups is 1. The van der Waals surface area contributed by atoms with Crippen LogP contribution in [0.25, 0.3) is 0 Å². The average Bonchev–Trinajstić information content (AvgIpc) is 2.60. The third-order valence-electron chi connectivity index (χ3n) is 5.21. The van der Waals surface area contributed by atoms with Crippen molar-refractivity contribution >= 4 is 0 Å². The van der Waals surface area contributed by atoms with Crippen molar-refractivity contribution in [2.24, 2.45) is 5.41 Å². The molecule has 0 aromatic heterocycles. The lowest BCUT2D eigenvalue weighted by Gasteiger charge is -2.43. The minimum Gasteiger partial charge on any atom is -0.393 e. The van der Waals surface area contributed by atoms with Crippen LogP contribution in [0.1, 0.15) is 59.8 Å². The van der Waals surface area contributed by atoms with Gasteiger partial charge in [-0.25, -0.2) is 0 Å². The Labute approximate surface area is 118 Å². The number of hydrogen-bond acceptors (Lipinski definition) is 3. The normalized spacial score (nSPS) is 34.7. The summed E-state index contributed by atoms with van der Waals surface area (Å²) in [5.41, 5.74) is 0.355. The highest BCUT2D eigenvalue weighted by Crippen LogP contribution is 2.38. The molecule has 19 heavy (non-hydrogen) atoms. The van der Waals surface area contributed by atoms with E-state index in [1.54, 1.807) is 0 Å². The molecule has 0 spiro atoms. The van der Waals surface area contributed by atoms with Gasteiger partial charge in [0.2, 0.25) is 0 Å². The van der Waals surface area contributed by atoms with Crippen LogP contribution in [0.5, 0.6) is 0 Å². The van der Waals surface area contributed by atoms with Crippen LogP contribution in [0.2, 0.25) is 0 Å². The highest BCUT2D eigenvalue weighted by molar-refractivity contribution is 4.97. The van der Waals surface area contributed by atoms with E-state index in [1.165, 1.54) is 25.8 Å². The highest BCUT2D eigenvalue weighted by atomic mass is 16.3. The zero-order valence-electron chi connectivity index (χ0n) is 13.2. The molecule has 2 fully saturated rings. The summed E-state index contributed by atoms with van der Waals surface area (Å²) < 4.78 is 0. The minimum absolute atomic E-state index is 0.0459. The minimum atomic E-state index is -0.0459. The topological polar surface area (TPSA) is 35.5 Å². The van der Waals surface area contributed by atoms with Crippen LogP contribution in [0.4, 0.5) is 0 Å². The molecule has 3 heteroatoms. The van der Waals surface area contributed by atoms with Gasteiger partial charge in [-0.1, -0.05) is 27.7 Å². The maximum Gasteiger partial charge on any atom is 0.0570 e. The first-order chi connectivity index (χ1) is 8.93. The van der Waals surface area contributed by atoms with Crippen LogP contribution in [0.3, 0.4) is 0 Å². The van der Waals surface area contributed by atoms with Crippen molar-refractivity contribution in [1.29, 1.82) is 0 Å². The Morgan fingerprint density at radius 1 is 1.26 bits per heavy atom. The monoisotopic (exact) mass is 268 g/mol. The van der Waals surface area contributed by atoms with Crippen molar-refractivity contribution in [3.63, 3.8) is 0 Å². The van der Waals surface area contributed by atoms with Gasteiger partial charge in [-0.3, -0.25) is 4.90 Å². The molecule has 2 aliphatic heterocycles. The van der Waals surface area contributed by atoms with Crippen molar-refractivity contribution in [2.75, 3.05) is 13.1 Å². The second-order valence-electron chi connectivity index (χ2n) is 7.38. The van der Waals surface area contributed by atoms with E-state index in [1.807, 2.05) is 0 Å². The van der Waals surface area contributed by atoms with Crippen molar-refractivity contribution in [3.8, 4) is 0 Å². The van der Waals surface area contributed by atoms with E-state index in [4.69, 9.17) is 0 Å². The third-order valence-corrected chi connectivity index (χ3v) is 5.21. The molecule has 2 heterocycles. The second-order valence-corrected chi connectivity index (χ2v) is 7.38. The second kappa shape index (κ2) is 6.11. The van der Waals surface area contributed by atoms with Crippen LogP contribution in [-0.4, -0.2) is 47.3 Å². The van der Waals surface area contributed by atoms with Gasteiger partial charge in [0, 0.05) is 31.2 Å². The molecule has 2 N–H and O–H groups in total. The number of nitrogens with zero attached hydrogens (tertiary/aromatic N) is 1. The van der Waals surface area contributed by atoms with Crippen LogP contribution in [-0.2, 0) is 0 Å². The Balaban J connectivity index is 1.95. The fraction of sp³-hybridized carbons (Fsp3) is 1.00. The molecule has 0 aromatic rings. The van der Waals surface area contributed by atoms with Gasteiger partial charge in [-0.2, -0.15) is 0 Å². The summed E-state index contributed by atoms with van der Waals surface area (Å²) in [6.45, 7) is 11.4. The van der Waals surface area contributed by atoms with E-state index in [0.717, 1.165) is 19.4 Å². The van der Waals surface area contributed by atoms with Crippen molar-refractivity contribution in [1.82, 2.24) is 10.2 Å². The Kier molecular flexibility index (Phi) is 4.91. The van der Waals surface area contributed by atoms with E-state index in [2.05, 4.69) is 37.9 Å². The van der Waals surface area contributed by atoms with Crippen LogP contribution < -0.4 is 5.32 Å². The van der Waals surface area contributed by atoms with Gasteiger partial charge in [0.1, 0.15) is 0 Å². The first kappa shape index (κ1) is 15.3. The van der Waals surface area contributed by atoms with Crippen LogP contribution in [0, 0.1) is 5.41 Å². The van der Waals surface area contributed by atoms with E-state index in [9.17, 15) is 5.11 Å². The molecular weight excluding hydrogens is 236 g/mol. The van der Waals surface area contributed by atoms with E-state index in [-0.39, 0.29) is 6.10 Å². The summed E-state index contributed by atoms with van der Waals surface area (Å²) in [6.07, 6.45) is 5.74. The molecule has 2 bridgehead atoms. The van der Waals surface area contributed by atoms with Gasteiger partial charge in [-0.15, -0.1) is 0 Å². The predicted molar refractivity (Wildman–Crippen MR) is 80.3 cm³/mol. The lowest BCUT2D eigenvalue weighted by molar-refractivity contribution is 0.0116. The summed E-state index contributed by atoms with van der Waals surface area (Å²) >= 11 is 0. The predicted octanol–water partition coefficient (Wildman–Crippen LogP) is 2.39. The van der Waals surface area contributed by atoms with Gasteiger partial charge in [-0.05, 0) is 37.5 Å². The number of hydrogen-bond donors (Lipinski definition) is 2. The van der Waals surface area contributed by atoms with E-state index in [0.29, 0.717) is 23.5 Å². The maximum absolute atomic E-state index is 9.90. The van der Waals surface area contributed by atoms with Gasteiger partial charge >= 0.3 is 0 Å². The number of aliphatic hydroxyl groups excluding tert-OH is 1. The molecule has 3 atom stereocenters. The van der Waals surface area contributed by atoms with Crippen molar-refractivity contribution in [2.45, 2.75) is 84.0 Å². The van der Waals surface area contributed by atoms with Crippen LogP contribution in [0.15, 0.2) is 0 Å². The summed E-state index contributed by atoms with van der Waals surface area (Å²) in [4.78, 5) is 2.71. The Morgan fingerprint density at radius 2 is 1.84 bits per heavy atom. The fourth-order valence-corrected chi connectivity index (χ4v) is 3.69. The molecule has 2 aliphatic rings. The first-order valence-electron chi connectivity index (χ1n) is 8.11. The molecule has 0 amide bonds. The lowest BCUT2D eigenvalue weighted by Crippen LogP contribution is -2.51. The zero-order chi connectivity index (χ0) is 14.0. The largest absolute Gasteiger partial charge is 0.393 e. The van der Waals surface area contributed by atoms with Gasteiger partial charge < -0.3 is 10.4 Å². The third kappa shape index (κ3) is 3.71. The van der Waals surface area contributed by atoms with Crippen molar-refractivity contribution < 1.29 is 5.11 Å². The average molecular weight is 268 g/mol. The first-order valence-corrected chi connectivity index (χ1v) is 8.11. The maximum atomic E-state index is 9.90. The molecule has 0 saturated carbocycles. The Hall–Kier alpha value is -0.120. The number of piperidine rings is 1. The smallest absolute Gasteiger partial charge is 0.0570 e. The molecule has 0 aromatic carbocycles.